The Morgan fingerprint density at radius 3 is 2.58 bits per heavy atom. The van der Waals surface area contributed by atoms with Crippen molar-refractivity contribution in [3.05, 3.63) is 69.1 Å². The monoisotopic (exact) mass is 479 g/mol. The maximum atomic E-state index is 12.6. The van der Waals surface area contributed by atoms with Crippen LogP contribution in [0.2, 0.25) is 5.02 Å². The number of carbonyl (C=O) groups excluding carboxylic acids is 1. The van der Waals surface area contributed by atoms with Gasteiger partial charge in [-0.2, -0.15) is 0 Å². The number of ether oxygens (including phenoxy) is 1. The number of carbonyl (C=O) groups is 1. The van der Waals surface area contributed by atoms with Gasteiger partial charge in [-0.15, -0.1) is 11.3 Å². The van der Waals surface area contributed by atoms with Crippen LogP contribution in [0.5, 0.6) is 5.75 Å². The van der Waals surface area contributed by atoms with Gasteiger partial charge >= 0.3 is 0 Å². The average Bonchev–Trinajstić information content (AvgIpc) is 3.19. The van der Waals surface area contributed by atoms with Crippen molar-refractivity contribution in [1.82, 2.24) is 4.98 Å². The summed E-state index contributed by atoms with van der Waals surface area (Å²) < 4.78 is 32.3. The Balaban J connectivity index is 1.65. The quantitative estimate of drug-likeness (QED) is 0.445. The van der Waals surface area contributed by atoms with Crippen molar-refractivity contribution in [2.45, 2.75) is 26.9 Å². The molecule has 1 amide bonds. The van der Waals surface area contributed by atoms with E-state index in [1.54, 1.807) is 61.7 Å². The first-order valence-corrected chi connectivity index (χ1v) is 12.4. The van der Waals surface area contributed by atoms with Crippen molar-refractivity contribution >= 4 is 50.2 Å². The molecule has 2 aromatic carbocycles. The van der Waals surface area contributed by atoms with Gasteiger partial charge in [0.2, 0.25) is 10.0 Å². The molecule has 0 aliphatic heterocycles. The number of halogens is 1. The van der Waals surface area contributed by atoms with Gasteiger partial charge in [-0.1, -0.05) is 24.6 Å². The van der Waals surface area contributed by atoms with Gasteiger partial charge < -0.3 is 10.1 Å². The first kappa shape index (κ1) is 23.1. The number of rotatable bonds is 9. The van der Waals surface area contributed by atoms with Crippen LogP contribution in [-0.2, 0) is 16.6 Å². The number of hydrogen-bond acceptors (Lipinski definition) is 6. The van der Waals surface area contributed by atoms with E-state index in [9.17, 15) is 13.2 Å². The molecule has 1 aromatic heterocycles. The van der Waals surface area contributed by atoms with E-state index in [4.69, 9.17) is 16.3 Å². The topological polar surface area (TPSA) is 97.4 Å². The van der Waals surface area contributed by atoms with Crippen LogP contribution in [0.1, 0.15) is 34.4 Å². The minimum atomic E-state index is -3.43. The number of nitrogens with zero attached hydrogens (tertiary/aromatic N) is 1. The Bertz CT molecular complexity index is 1160. The summed E-state index contributed by atoms with van der Waals surface area (Å²) in [4.78, 5) is 16.9. The highest BCUT2D eigenvalue weighted by Gasteiger charge is 2.16. The minimum Gasteiger partial charge on any atom is -0.486 e. The molecule has 10 heteroatoms. The first-order chi connectivity index (χ1) is 14.8. The van der Waals surface area contributed by atoms with Gasteiger partial charge in [0.05, 0.1) is 11.4 Å². The SMILES string of the molecule is CCCS(=O)(=O)Nc1cccc(NC(=O)c2csc(COc3ccc(Cl)cc3)n2)c1C. The lowest BCUT2D eigenvalue weighted by Crippen LogP contribution is -2.18. The summed E-state index contributed by atoms with van der Waals surface area (Å²) in [5.74, 6) is 0.303. The lowest BCUT2D eigenvalue weighted by Gasteiger charge is -2.14. The van der Waals surface area contributed by atoms with E-state index in [-0.39, 0.29) is 24.0 Å². The number of nitrogens with one attached hydrogen (secondary N) is 2. The van der Waals surface area contributed by atoms with Crippen LogP contribution < -0.4 is 14.8 Å². The standard InChI is InChI=1S/C21H22ClN3O4S2/c1-3-11-31(27,28)25-18-6-4-5-17(14(18)2)24-21(26)19-13-30-20(23-19)12-29-16-9-7-15(22)8-10-16/h4-10,13,25H,3,11-12H2,1-2H3,(H,24,26). The van der Waals surface area contributed by atoms with E-state index >= 15 is 0 Å². The summed E-state index contributed by atoms with van der Waals surface area (Å²) in [6.07, 6.45) is 0.513. The maximum absolute atomic E-state index is 12.6. The van der Waals surface area contributed by atoms with Crippen LogP contribution in [0.4, 0.5) is 11.4 Å². The number of benzene rings is 2. The summed E-state index contributed by atoms with van der Waals surface area (Å²) in [7, 11) is -3.43. The largest absolute Gasteiger partial charge is 0.486 e. The second-order valence-corrected chi connectivity index (χ2v) is 9.94. The Labute approximate surface area is 190 Å². The third-order valence-electron chi connectivity index (χ3n) is 4.28. The number of sulfonamides is 1. The Morgan fingerprint density at radius 1 is 1.16 bits per heavy atom. The Kier molecular flexibility index (Phi) is 7.53. The number of hydrogen-bond donors (Lipinski definition) is 2. The van der Waals surface area contributed by atoms with Crippen molar-refractivity contribution in [3.63, 3.8) is 0 Å². The molecule has 0 fully saturated rings. The van der Waals surface area contributed by atoms with Crippen LogP contribution >= 0.6 is 22.9 Å². The molecule has 0 aliphatic carbocycles. The lowest BCUT2D eigenvalue weighted by molar-refractivity contribution is 0.102. The van der Waals surface area contributed by atoms with Crippen molar-refractivity contribution in [3.8, 4) is 5.75 Å². The normalized spacial score (nSPS) is 11.2. The molecule has 0 saturated heterocycles. The highest BCUT2D eigenvalue weighted by molar-refractivity contribution is 7.92. The zero-order valence-corrected chi connectivity index (χ0v) is 19.4. The maximum Gasteiger partial charge on any atom is 0.275 e. The molecular weight excluding hydrogens is 458 g/mol. The number of thiazole rings is 1. The van der Waals surface area contributed by atoms with Crippen molar-refractivity contribution in [2.75, 3.05) is 15.8 Å². The molecule has 0 spiro atoms. The molecule has 3 aromatic rings. The minimum absolute atomic E-state index is 0.0305. The molecule has 164 valence electrons. The van der Waals surface area contributed by atoms with Gasteiger partial charge in [-0.05, 0) is 55.3 Å². The molecule has 3 rings (SSSR count). The molecular formula is C21H22ClN3O4S2. The van der Waals surface area contributed by atoms with E-state index in [2.05, 4.69) is 15.0 Å². The highest BCUT2D eigenvalue weighted by Crippen LogP contribution is 2.25. The second-order valence-electron chi connectivity index (χ2n) is 6.72. The van der Waals surface area contributed by atoms with Crippen LogP contribution in [0.3, 0.4) is 0 Å². The van der Waals surface area contributed by atoms with Crippen LogP contribution in [0.25, 0.3) is 0 Å². The van der Waals surface area contributed by atoms with E-state index in [1.165, 1.54) is 11.3 Å². The summed E-state index contributed by atoms with van der Waals surface area (Å²) in [6, 6.07) is 12.0. The molecule has 0 atom stereocenters. The molecule has 0 aliphatic rings. The van der Waals surface area contributed by atoms with E-state index in [1.807, 2.05) is 0 Å². The van der Waals surface area contributed by atoms with Crippen molar-refractivity contribution < 1.29 is 17.9 Å². The van der Waals surface area contributed by atoms with Gasteiger partial charge in [0.15, 0.2) is 0 Å². The fourth-order valence-electron chi connectivity index (χ4n) is 2.71. The van der Waals surface area contributed by atoms with Crippen LogP contribution in [0, 0.1) is 6.92 Å². The zero-order chi connectivity index (χ0) is 22.4. The molecule has 31 heavy (non-hydrogen) atoms. The van der Waals surface area contributed by atoms with E-state index in [0.29, 0.717) is 39.1 Å². The van der Waals surface area contributed by atoms with Gasteiger partial charge in [-0.25, -0.2) is 13.4 Å². The van der Waals surface area contributed by atoms with Crippen molar-refractivity contribution in [1.29, 1.82) is 0 Å². The smallest absolute Gasteiger partial charge is 0.275 e. The van der Waals surface area contributed by atoms with Crippen LogP contribution in [0.15, 0.2) is 47.8 Å². The summed E-state index contributed by atoms with van der Waals surface area (Å²) in [6.45, 7) is 3.77. The van der Waals surface area contributed by atoms with Gasteiger partial charge in [0.25, 0.3) is 5.91 Å². The fourth-order valence-corrected chi connectivity index (χ4v) is 4.72. The van der Waals surface area contributed by atoms with Gasteiger partial charge in [-0.3, -0.25) is 9.52 Å². The molecule has 0 unspecified atom stereocenters. The van der Waals surface area contributed by atoms with E-state index < -0.39 is 10.0 Å². The average molecular weight is 480 g/mol. The predicted octanol–water partition coefficient (Wildman–Crippen LogP) is 5.09. The molecule has 2 N–H and O–H groups in total. The zero-order valence-electron chi connectivity index (χ0n) is 17.0. The predicted molar refractivity (Wildman–Crippen MR) is 125 cm³/mol. The summed E-state index contributed by atoms with van der Waals surface area (Å²) >= 11 is 7.17. The summed E-state index contributed by atoms with van der Waals surface area (Å²) in [5, 5.41) is 5.72. The fraction of sp³-hybridized carbons (Fsp3) is 0.238. The number of aromatic nitrogens is 1. The van der Waals surface area contributed by atoms with Crippen LogP contribution in [-0.4, -0.2) is 25.1 Å². The third-order valence-corrected chi connectivity index (χ3v) is 6.83. The van der Waals surface area contributed by atoms with Crippen molar-refractivity contribution in [2.24, 2.45) is 0 Å². The number of anilines is 2. The highest BCUT2D eigenvalue weighted by atomic mass is 35.5. The number of amides is 1. The lowest BCUT2D eigenvalue weighted by atomic mass is 10.1. The van der Waals surface area contributed by atoms with Gasteiger partial charge in [0, 0.05) is 16.1 Å². The van der Waals surface area contributed by atoms with E-state index in [0.717, 1.165) is 0 Å². The Morgan fingerprint density at radius 2 is 1.87 bits per heavy atom. The molecule has 0 bridgehead atoms. The Hall–Kier alpha value is -2.62. The third kappa shape index (κ3) is 6.43. The second kappa shape index (κ2) is 10.1. The molecule has 7 nitrogen and oxygen atoms in total. The molecule has 0 saturated carbocycles. The summed E-state index contributed by atoms with van der Waals surface area (Å²) in [5.41, 5.74) is 1.82. The van der Waals surface area contributed by atoms with Gasteiger partial charge in [0.1, 0.15) is 23.1 Å². The molecule has 0 radical (unpaired) electrons. The first-order valence-electron chi connectivity index (χ1n) is 9.51. The molecule has 1 heterocycles.